The molecule has 116 valence electrons. The first-order valence-corrected chi connectivity index (χ1v) is 7.15. The molecule has 0 saturated carbocycles. The van der Waals surface area contributed by atoms with Crippen LogP contribution in [0.3, 0.4) is 0 Å². The maximum atomic E-state index is 12.6. The van der Waals surface area contributed by atoms with Crippen molar-refractivity contribution in [2.45, 2.75) is 51.7 Å². The monoisotopic (exact) mass is 286 g/mol. The molecule has 2 amide bonds. The Labute approximate surface area is 120 Å². The summed E-state index contributed by atoms with van der Waals surface area (Å²) in [6, 6.07) is -0.293. The molecule has 0 aromatic rings. The standard InChI is InChI=1S/C14H26N2O4/c1-5-11(2)16(9-12(17)18)13(19)15-8-6-7-14(3,10-15)20-4/h11H,5-10H2,1-4H3,(H,17,18). The van der Waals surface area contributed by atoms with Gasteiger partial charge in [0, 0.05) is 19.7 Å². The fourth-order valence-corrected chi connectivity index (χ4v) is 2.50. The van der Waals surface area contributed by atoms with Crippen molar-refractivity contribution >= 4 is 12.0 Å². The third kappa shape index (κ3) is 4.10. The van der Waals surface area contributed by atoms with E-state index in [9.17, 15) is 9.59 Å². The molecule has 6 heteroatoms. The van der Waals surface area contributed by atoms with Gasteiger partial charge in [-0.3, -0.25) is 4.79 Å². The fraction of sp³-hybridized carbons (Fsp3) is 0.857. The van der Waals surface area contributed by atoms with Crippen LogP contribution in [0.15, 0.2) is 0 Å². The Morgan fingerprint density at radius 3 is 2.65 bits per heavy atom. The zero-order chi connectivity index (χ0) is 15.3. The molecule has 20 heavy (non-hydrogen) atoms. The van der Waals surface area contributed by atoms with Crippen molar-refractivity contribution in [2.75, 3.05) is 26.7 Å². The fourth-order valence-electron chi connectivity index (χ4n) is 2.50. The van der Waals surface area contributed by atoms with Crippen LogP contribution in [0.1, 0.15) is 40.0 Å². The second-order valence-electron chi connectivity index (χ2n) is 5.74. The van der Waals surface area contributed by atoms with Crippen LogP contribution in [-0.2, 0) is 9.53 Å². The summed E-state index contributed by atoms with van der Waals surface area (Å²) in [5.74, 6) is -0.981. The van der Waals surface area contributed by atoms with E-state index in [1.54, 1.807) is 12.0 Å². The summed E-state index contributed by atoms with van der Waals surface area (Å²) in [5.41, 5.74) is -0.335. The maximum Gasteiger partial charge on any atom is 0.323 e. The number of amides is 2. The summed E-state index contributed by atoms with van der Waals surface area (Å²) in [4.78, 5) is 26.7. The zero-order valence-corrected chi connectivity index (χ0v) is 12.9. The summed E-state index contributed by atoms with van der Waals surface area (Å²) in [6.07, 6.45) is 2.52. The van der Waals surface area contributed by atoms with Crippen molar-refractivity contribution in [3.05, 3.63) is 0 Å². The number of carboxylic acids is 1. The smallest absolute Gasteiger partial charge is 0.323 e. The van der Waals surface area contributed by atoms with Gasteiger partial charge in [-0.1, -0.05) is 6.92 Å². The van der Waals surface area contributed by atoms with Gasteiger partial charge in [0.15, 0.2) is 0 Å². The summed E-state index contributed by atoms with van der Waals surface area (Å²) < 4.78 is 5.48. The molecule has 0 aromatic heterocycles. The molecule has 0 aliphatic carbocycles. The average molecular weight is 286 g/mol. The van der Waals surface area contributed by atoms with E-state index in [1.807, 2.05) is 20.8 Å². The van der Waals surface area contributed by atoms with Gasteiger partial charge in [-0.25, -0.2) is 4.79 Å². The van der Waals surface area contributed by atoms with Gasteiger partial charge < -0.3 is 19.6 Å². The number of carbonyl (C=O) groups excluding carboxylic acids is 1. The number of carbonyl (C=O) groups is 2. The summed E-state index contributed by atoms with van der Waals surface area (Å²) >= 11 is 0. The van der Waals surface area contributed by atoms with Crippen LogP contribution in [0.5, 0.6) is 0 Å². The highest BCUT2D eigenvalue weighted by atomic mass is 16.5. The number of hydrogen-bond donors (Lipinski definition) is 1. The van der Waals surface area contributed by atoms with Gasteiger partial charge in [0.25, 0.3) is 0 Å². The Morgan fingerprint density at radius 1 is 1.50 bits per heavy atom. The molecule has 1 aliphatic rings. The lowest BCUT2D eigenvalue weighted by atomic mass is 9.95. The Morgan fingerprint density at radius 2 is 2.15 bits per heavy atom. The van der Waals surface area contributed by atoms with E-state index in [2.05, 4.69) is 0 Å². The van der Waals surface area contributed by atoms with Crippen LogP contribution < -0.4 is 0 Å². The minimum absolute atomic E-state index is 0.0886. The normalized spacial score (nSPS) is 24.3. The number of piperidine rings is 1. The molecular formula is C14H26N2O4. The number of rotatable bonds is 5. The lowest BCUT2D eigenvalue weighted by Crippen LogP contribution is -2.56. The number of nitrogens with zero attached hydrogens (tertiary/aromatic N) is 2. The van der Waals surface area contributed by atoms with Gasteiger partial charge in [-0.2, -0.15) is 0 Å². The maximum absolute atomic E-state index is 12.6. The first-order valence-electron chi connectivity index (χ1n) is 7.15. The quantitative estimate of drug-likeness (QED) is 0.836. The van der Waals surface area contributed by atoms with E-state index in [-0.39, 0.29) is 24.2 Å². The average Bonchev–Trinajstić information content (AvgIpc) is 2.43. The number of likely N-dealkylation sites (tertiary alicyclic amines) is 1. The SMILES string of the molecule is CCC(C)N(CC(=O)O)C(=O)N1CCCC(C)(OC)C1. The highest BCUT2D eigenvalue weighted by molar-refractivity contribution is 5.80. The van der Waals surface area contributed by atoms with Gasteiger partial charge in [0.05, 0.1) is 12.1 Å². The molecular weight excluding hydrogens is 260 g/mol. The molecule has 1 rings (SSSR count). The lowest BCUT2D eigenvalue weighted by Gasteiger charge is -2.42. The number of aliphatic carboxylic acids is 1. The van der Waals surface area contributed by atoms with Crippen molar-refractivity contribution in [3.63, 3.8) is 0 Å². The summed E-state index contributed by atoms with van der Waals surface area (Å²) in [7, 11) is 1.65. The second kappa shape index (κ2) is 6.92. The van der Waals surface area contributed by atoms with Crippen LogP contribution in [0.25, 0.3) is 0 Å². The Kier molecular flexibility index (Phi) is 5.80. The highest BCUT2D eigenvalue weighted by Crippen LogP contribution is 2.25. The van der Waals surface area contributed by atoms with Crippen LogP contribution in [-0.4, -0.2) is 65.3 Å². The van der Waals surface area contributed by atoms with E-state index in [0.717, 1.165) is 19.3 Å². The molecule has 0 bridgehead atoms. The summed E-state index contributed by atoms with van der Waals surface area (Å²) in [6.45, 7) is 6.72. The second-order valence-corrected chi connectivity index (χ2v) is 5.74. The van der Waals surface area contributed by atoms with E-state index in [1.165, 1.54) is 4.90 Å². The van der Waals surface area contributed by atoms with Gasteiger partial charge >= 0.3 is 12.0 Å². The summed E-state index contributed by atoms with van der Waals surface area (Å²) in [5, 5.41) is 8.99. The number of urea groups is 1. The van der Waals surface area contributed by atoms with Gasteiger partial charge in [0.1, 0.15) is 6.54 Å². The first kappa shape index (κ1) is 16.8. The van der Waals surface area contributed by atoms with Crippen molar-refractivity contribution < 1.29 is 19.4 Å². The predicted octanol–water partition coefficient (Wildman–Crippen LogP) is 1.79. The number of hydrogen-bond acceptors (Lipinski definition) is 3. The largest absolute Gasteiger partial charge is 0.480 e. The Balaban J connectivity index is 2.80. The number of methoxy groups -OCH3 is 1. The molecule has 6 nitrogen and oxygen atoms in total. The molecule has 0 radical (unpaired) electrons. The third-order valence-electron chi connectivity index (χ3n) is 4.10. The molecule has 1 fully saturated rings. The van der Waals surface area contributed by atoms with E-state index >= 15 is 0 Å². The highest BCUT2D eigenvalue weighted by Gasteiger charge is 2.35. The van der Waals surface area contributed by atoms with Crippen molar-refractivity contribution in [1.82, 2.24) is 9.80 Å². The molecule has 0 spiro atoms. The number of ether oxygens (including phenoxy) is 1. The number of carboxylic acid groups (broad SMARTS) is 1. The Bertz CT molecular complexity index is 361. The molecule has 2 atom stereocenters. The first-order chi connectivity index (χ1) is 9.33. The molecule has 1 saturated heterocycles. The van der Waals surface area contributed by atoms with Crippen LogP contribution >= 0.6 is 0 Å². The third-order valence-corrected chi connectivity index (χ3v) is 4.10. The molecule has 1 aliphatic heterocycles. The molecule has 2 unspecified atom stereocenters. The predicted molar refractivity (Wildman–Crippen MR) is 75.7 cm³/mol. The molecule has 1 heterocycles. The van der Waals surface area contributed by atoms with Gasteiger partial charge in [0.2, 0.25) is 0 Å². The van der Waals surface area contributed by atoms with Crippen LogP contribution in [0.4, 0.5) is 4.79 Å². The lowest BCUT2D eigenvalue weighted by molar-refractivity contribution is -0.138. The van der Waals surface area contributed by atoms with E-state index in [0.29, 0.717) is 13.1 Å². The topological polar surface area (TPSA) is 70.1 Å². The zero-order valence-electron chi connectivity index (χ0n) is 12.9. The van der Waals surface area contributed by atoms with Crippen molar-refractivity contribution in [1.29, 1.82) is 0 Å². The van der Waals surface area contributed by atoms with Gasteiger partial charge in [-0.15, -0.1) is 0 Å². The van der Waals surface area contributed by atoms with Gasteiger partial charge in [-0.05, 0) is 33.1 Å². The van der Waals surface area contributed by atoms with Crippen LogP contribution in [0, 0.1) is 0 Å². The minimum Gasteiger partial charge on any atom is -0.480 e. The van der Waals surface area contributed by atoms with E-state index < -0.39 is 5.97 Å². The van der Waals surface area contributed by atoms with E-state index in [4.69, 9.17) is 9.84 Å². The minimum atomic E-state index is -0.981. The Hall–Kier alpha value is -1.30. The van der Waals surface area contributed by atoms with Crippen molar-refractivity contribution in [2.24, 2.45) is 0 Å². The molecule has 0 aromatic carbocycles. The molecule has 1 N–H and O–H groups in total. The van der Waals surface area contributed by atoms with Crippen molar-refractivity contribution in [3.8, 4) is 0 Å². The van der Waals surface area contributed by atoms with Crippen LogP contribution in [0.2, 0.25) is 0 Å².